The summed E-state index contributed by atoms with van der Waals surface area (Å²) in [6, 6.07) is 8.74. The summed E-state index contributed by atoms with van der Waals surface area (Å²) in [6.45, 7) is 4.30. The number of aryl methyl sites for hydroxylation is 1. The number of ether oxygens (including phenoxy) is 1. The van der Waals surface area contributed by atoms with E-state index in [9.17, 15) is 25.9 Å². The molecule has 0 fully saturated rings. The van der Waals surface area contributed by atoms with Crippen molar-refractivity contribution < 1.29 is 39.0 Å². The predicted octanol–water partition coefficient (Wildman–Crippen LogP) is 2.34. The lowest BCUT2D eigenvalue weighted by atomic mass is 10.2. The molecule has 0 aliphatic rings. The molecule has 10 nitrogen and oxygen atoms in total. The summed E-state index contributed by atoms with van der Waals surface area (Å²) in [4.78, 5) is 1.72. The Morgan fingerprint density at radius 2 is 1.60 bits per heavy atom. The standard InChI is InChI=1S/C17H20BrNO9S2/c1-3-19(16-10-13(18)4-5-17(16)28-30(23,24)25)6-7-26-14-8-12(2)9-15(11-14)27-29(20,21)22/h4-5,8-11H,3,6-7H2,1-2H3,(H,20,21,22)(H,23,24,25)/p-2. The van der Waals surface area contributed by atoms with Crippen molar-refractivity contribution in [3.8, 4) is 17.2 Å². The molecule has 0 aliphatic heterocycles. The molecule has 0 radical (unpaired) electrons. The molecule has 30 heavy (non-hydrogen) atoms. The number of benzene rings is 2. The summed E-state index contributed by atoms with van der Waals surface area (Å²) in [5, 5.41) is 0. The first-order valence-corrected chi connectivity index (χ1v) is 11.9. The average Bonchev–Trinajstić information content (AvgIpc) is 2.57. The molecule has 2 aromatic carbocycles. The van der Waals surface area contributed by atoms with Crippen molar-refractivity contribution in [2.24, 2.45) is 0 Å². The van der Waals surface area contributed by atoms with E-state index in [0.29, 0.717) is 22.3 Å². The first-order chi connectivity index (χ1) is 13.9. The SMILES string of the molecule is CCN(CCOc1cc(C)cc(OS(=O)(=O)[O-])c1)c1cc(Br)ccc1OS(=O)(=O)[O-]. The van der Waals surface area contributed by atoms with Crippen LogP contribution in [0, 0.1) is 6.92 Å². The number of likely N-dealkylation sites (N-methyl/N-ethyl adjacent to an activating group) is 1. The molecule has 2 aromatic rings. The molecule has 0 saturated heterocycles. The van der Waals surface area contributed by atoms with Crippen LogP contribution in [0.15, 0.2) is 40.9 Å². The number of hydrogen-bond donors (Lipinski definition) is 0. The van der Waals surface area contributed by atoms with Gasteiger partial charge in [0.05, 0.1) is 12.2 Å². The Morgan fingerprint density at radius 1 is 0.967 bits per heavy atom. The van der Waals surface area contributed by atoms with Gasteiger partial charge in [0.25, 0.3) is 20.8 Å². The van der Waals surface area contributed by atoms with Crippen molar-refractivity contribution in [1.82, 2.24) is 0 Å². The molecule has 0 aromatic heterocycles. The molecule has 0 unspecified atom stereocenters. The fourth-order valence-corrected chi connectivity index (χ4v) is 3.65. The zero-order valence-electron chi connectivity index (χ0n) is 15.9. The smallest absolute Gasteiger partial charge is 0.262 e. The van der Waals surface area contributed by atoms with Gasteiger partial charge < -0.3 is 27.1 Å². The van der Waals surface area contributed by atoms with Crippen molar-refractivity contribution in [2.45, 2.75) is 13.8 Å². The second kappa shape index (κ2) is 9.83. The van der Waals surface area contributed by atoms with Gasteiger partial charge in [-0.15, -0.1) is 0 Å². The Hall–Kier alpha value is -2.06. The van der Waals surface area contributed by atoms with E-state index in [1.165, 1.54) is 24.3 Å². The molecular formula is C17H18BrNO9S2-2. The molecule has 166 valence electrons. The van der Waals surface area contributed by atoms with Gasteiger partial charge in [0.1, 0.15) is 18.1 Å². The maximum absolute atomic E-state index is 11.0. The van der Waals surface area contributed by atoms with Crippen LogP contribution in [0.25, 0.3) is 0 Å². The topological polar surface area (TPSA) is 145 Å². The molecule has 0 amide bonds. The summed E-state index contributed by atoms with van der Waals surface area (Å²) < 4.78 is 80.4. The maximum Gasteiger partial charge on any atom is 0.262 e. The molecule has 0 N–H and O–H groups in total. The fourth-order valence-electron chi connectivity index (χ4n) is 2.60. The highest BCUT2D eigenvalue weighted by molar-refractivity contribution is 9.10. The van der Waals surface area contributed by atoms with Crippen LogP contribution in [-0.4, -0.2) is 45.6 Å². The molecule has 2 rings (SSSR count). The number of halogens is 1. The van der Waals surface area contributed by atoms with E-state index in [-0.39, 0.29) is 30.4 Å². The van der Waals surface area contributed by atoms with Crippen LogP contribution in [0.5, 0.6) is 17.2 Å². The Kier molecular flexibility index (Phi) is 7.93. The number of hydrogen-bond acceptors (Lipinski definition) is 10. The van der Waals surface area contributed by atoms with E-state index in [1.54, 1.807) is 24.0 Å². The van der Waals surface area contributed by atoms with Gasteiger partial charge in [-0.25, -0.2) is 16.8 Å². The van der Waals surface area contributed by atoms with Crippen LogP contribution < -0.4 is 18.0 Å². The van der Waals surface area contributed by atoms with Gasteiger partial charge in [-0.3, -0.25) is 0 Å². The van der Waals surface area contributed by atoms with E-state index in [4.69, 9.17) is 4.74 Å². The largest absolute Gasteiger partial charge is 0.716 e. The lowest BCUT2D eigenvalue weighted by Crippen LogP contribution is -2.29. The Balaban J connectivity index is 2.15. The second-order valence-electron chi connectivity index (χ2n) is 6.01. The molecule has 0 aliphatic carbocycles. The zero-order chi connectivity index (χ0) is 22.5. The number of nitrogens with zero attached hydrogens (tertiary/aromatic N) is 1. The predicted molar refractivity (Wildman–Crippen MR) is 109 cm³/mol. The van der Waals surface area contributed by atoms with Gasteiger partial charge in [0.2, 0.25) is 0 Å². The molecular weight excluding hydrogens is 506 g/mol. The zero-order valence-corrected chi connectivity index (χ0v) is 19.1. The fraction of sp³-hybridized carbons (Fsp3) is 0.294. The maximum atomic E-state index is 11.0. The normalized spacial score (nSPS) is 11.8. The van der Waals surface area contributed by atoms with E-state index < -0.39 is 20.8 Å². The van der Waals surface area contributed by atoms with Gasteiger partial charge in [0, 0.05) is 17.1 Å². The highest BCUT2D eigenvalue weighted by atomic mass is 79.9. The van der Waals surface area contributed by atoms with E-state index in [0.717, 1.165) is 0 Å². The third-order valence-electron chi connectivity index (χ3n) is 3.69. The summed E-state index contributed by atoms with van der Waals surface area (Å²) in [6.07, 6.45) is 0. The van der Waals surface area contributed by atoms with Gasteiger partial charge in [0.15, 0.2) is 5.75 Å². The van der Waals surface area contributed by atoms with Crippen molar-refractivity contribution in [3.63, 3.8) is 0 Å². The van der Waals surface area contributed by atoms with Crippen molar-refractivity contribution in [2.75, 3.05) is 24.6 Å². The van der Waals surface area contributed by atoms with Crippen LogP contribution >= 0.6 is 15.9 Å². The van der Waals surface area contributed by atoms with Crippen LogP contribution in [0.4, 0.5) is 5.69 Å². The third-order valence-corrected chi connectivity index (χ3v) is 4.96. The first kappa shape index (κ1) is 24.2. The summed E-state index contributed by atoms with van der Waals surface area (Å²) in [5.41, 5.74) is 0.974. The number of anilines is 1. The summed E-state index contributed by atoms with van der Waals surface area (Å²) in [7, 11) is -9.87. The minimum atomic E-state index is -4.95. The lowest BCUT2D eigenvalue weighted by molar-refractivity contribution is 0.321. The van der Waals surface area contributed by atoms with Gasteiger partial charge in [-0.2, -0.15) is 0 Å². The Bertz CT molecular complexity index is 1100. The van der Waals surface area contributed by atoms with Crippen LogP contribution in [0.2, 0.25) is 0 Å². The van der Waals surface area contributed by atoms with Crippen molar-refractivity contribution >= 4 is 42.4 Å². The number of rotatable bonds is 10. The van der Waals surface area contributed by atoms with Gasteiger partial charge in [-0.05, 0) is 49.7 Å². The monoisotopic (exact) mass is 523 g/mol. The van der Waals surface area contributed by atoms with E-state index in [1.807, 2.05) is 6.92 Å². The Labute approximate surface area is 183 Å². The molecule has 0 heterocycles. The van der Waals surface area contributed by atoms with Crippen LogP contribution in [-0.2, 0) is 20.8 Å². The van der Waals surface area contributed by atoms with Gasteiger partial charge >= 0.3 is 0 Å². The van der Waals surface area contributed by atoms with Gasteiger partial charge in [-0.1, -0.05) is 15.9 Å². The summed E-state index contributed by atoms with van der Waals surface area (Å²) in [5.74, 6) is -0.0184. The molecule has 13 heteroatoms. The van der Waals surface area contributed by atoms with E-state index >= 15 is 0 Å². The quantitative estimate of drug-likeness (QED) is 0.335. The van der Waals surface area contributed by atoms with Crippen molar-refractivity contribution in [1.29, 1.82) is 0 Å². The second-order valence-corrected chi connectivity index (χ2v) is 8.89. The molecule has 0 saturated carbocycles. The molecule has 0 atom stereocenters. The summed E-state index contributed by atoms with van der Waals surface area (Å²) >= 11 is 3.29. The Morgan fingerprint density at radius 3 is 2.20 bits per heavy atom. The van der Waals surface area contributed by atoms with Crippen molar-refractivity contribution in [3.05, 3.63) is 46.4 Å². The highest BCUT2D eigenvalue weighted by Crippen LogP contribution is 2.32. The lowest BCUT2D eigenvalue weighted by Gasteiger charge is -2.26. The molecule has 0 spiro atoms. The molecule has 0 bridgehead atoms. The van der Waals surface area contributed by atoms with E-state index in [2.05, 4.69) is 24.3 Å². The average molecular weight is 524 g/mol. The minimum absolute atomic E-state index is 0.108. The minimum Gasteiger partial charge on any atom is -0.716 e. The van der Waals surface area contributed by atoms with Crippen LogP contribution in [0.1, 0.15) is 12.5 Å². The highest BCUT2D eigenvalue weighted by Gasteiger charge is 2.14. The third kappa shape index (κ3) is 7.99. The first-order valence-electron chi connectivity index (χ1n) is 8.46. The van der Waals surface area contributed by atoms with Crippen LogP contribution in [0.3, 0.4) is 0 Å².